The van der Waals surface area contributed by atoms with Crippen molar-refractivity contribution in [3.05, 3.63) is 36.1 Å². The third kappa shape index (κ3) is 2.53. The van der Waals surface area contributed by atoms with E-state index in [1.165, 1.54) is 0 Å². The molecule has 0 fully saturated rings. The lowest BCUT2D eigenvalue weighted by Crippen LogP contribution is -1.96. The average molecular weight is 137 g/mol. The summed E-state index contributed by atoms with van der Waals surface area (Å²) in [6.07, 6.45) is 1.91. The predicted octanol–water partition coefficient (Wildman–Crippen LogP) is 2.24. The molecule has 10 heavy (non-hydrogen) atoms. The quantitative estimate of drug-likeness (QED) is 0.588. The topological polar surface area (TPSA) is 12.0 Å². The first kappa shape index (κ1) is 9.02. The minimum absolute atomic E-state index is 1.01. The summed E-state index contributed by atoms with van der Waals surface area (Å²) in [4.78, 5) is 0. The van der Waals surface area contributed by atoms with Crippen LogP contribution in [0.1, 0.15) is 13.8 Å². The van der Waals surface area contributed by atoms with Gasteiger partial charge in [-0.25, -0.2) is 0 Å². The molecule has 56 valence electrons. The van der Waals surface area contributed by atoms with Gasteiger partial charge in [-0.3, -0.25) is 0 Å². The Bertz CT molecular complexity index is 175. The van der Waals surface area contributed by atoms with Gasteiger partial charge >= 0.3 is 0 Å². The Morgan fingerprint density at radius 1 is 1.30 bits per heavy atom. The normalized spacial score (nSPS) is 10.9. The van der Waals surface area contributed by atoms with Gasteiger partial charge in [0.2, 0.25) is 0 Å². The zero-order valence-corrected chi connectivity index (χ0v) is 6.99. The van der Waals surface area contributed by atoms with Crippen molar-refractivity contribution >= 4 is 0 Å². The summed E-state index contributed by atoms with van der Waals surface area (Å²) in [7, 11) is 1.87. The van der Waals surface area contributed by atoms with Gasteiger partial charge in [0.1, 0.15) is 0 Å². The van der Waals surface area contributed by atoms with Gasteiger partial charge in [-0.15, -0.1) is 0 Å². The van der Waals surface area contributed by atoms with Gasteiger partial charge in [-0.1, -0.05) is 18.7 Å². The van der Waals surface area contributed by atoms with Crippen molar-refractivity contribution in [2.45, 2.75) is 13.8 Å². The van der Waals surface area contributed by atoms with Gasteiger partial charge in [0.25, 0.3) is 0 Å². The first-order chi connectivity index (χ1) is 4.59. The Balaban J connectivity index is 4.22. The van der Waals surface area contributed by atoms with E-state index in [2.05, 4.69) is 18.5 Å². The zero-order chi connectivity index (χ0) is 8.15. The fourth-order valence-corrected chi connectivity index (χ4v) is 0.640. The molecule has 0 aromatic carbocycles. The molecule has 0 aromatic heterocycles. The Labute approximate surface area is 63.1 Å². The summed E-state index contributed by atoms with van der Waals surface area (Å²) in [5.74, 6) is 0. The van der Waals surface area contributed by atoms with Gasteiger partial charge in [0.15, 0.2) is 0 Å². The SMILES string of the molecule is C=C(C)C(=C)/C(C)=C/NC. The molecule has 0 spiro atoms. The van der Waals surface area contributed by atoms with Crippen LogP contribution in [0.3, 0.4) is 0 Å². The Morgan fingerprint density at radius 2 is 1.80 bits per heavy atom. The number of rotatable bonds is 3. The molecule has 1 N–H and O–H groups in total. The van der Waals surface area contributed by atoms with Crippen LogP contribution in [0.15, 0.2) is 36.1 Å². The van der Waals surface area contributed by atoms with Crippen molar-refractivity contribution in [2.24, 2.45) is 0 Å². The van der Waals surface area contributed by atoms with Crippen molar-refractivity contribution < 1.29 is 0 Å². The lowest BCUT2D eigenvalue weighted by molar-refractivity contribution is 1.07. The van der Waals surface area contributed by atoms with E-state index in [1.807, 2.05) is 27.1 Å². The highest BCUT2D eigenvalue weighted by Gasteiger charge is 1.94. The molecule has 0 aliphatic carbocycles. The van der Waals surface area contributed by atoms with Crippen LogP contribution < -0.4 is 5.32 Å². The standard InChI is InChI=1S/C9H15N/c1-7(2)9(4)8(3)6-10-5/h6,10H,1,4H2,2-3,5H3/b8-6+. The Kier molecular flexibility index (Phi) is 3.55. The highest BCUT2D eigenvalue weighted by Crippen LogP contribution is 2.12. The summed E-state index contributed by atoms with van der Waals surface area (Å²) >= 11 is 0. The van der Waals surface area contributed by atoms with E-state index in [9.17, 15) is 0 Å². The third-order valence-corrected chi connectivity index (χ3v) is 1.35. The molecule has 0 saturated heterocycles. The van der Waals surface area contributed by atoms with Crippen LogP contribution in [0.25, 0.3) is 0 Å². The van der Waals surface area contributed by atoms with Crippen LogP contribution in [-0.4, -0.2) is 7.05 Å². The van der Waals surface area contributed by atoms with E-state index in [0.717, 1.165) is 16.7 Å². The summed E-state index contributed by atoms with van der Waals surface area (Å²) in [6, 6.07) is 0. The van der Waals surface area contributed by atoms with Gasteiger partial charge < -0.3 is 5.32 Å². The van der Waals surface area contributed by atoms with E-state index in [4.69, 9.17) is 0 Å². The fraction of sp³-hybridized carbons (Fsp3) is 0.333. The van der Waals surface area contributed by atoms with Crippen molar-refractivity contribution in [3.8, 4) is 0 Å². The summed E-state index contributed by atoms with van der Waals surface area (Å²) in [5.41, 5.74) is 3.16. The smallest absolute Gasteiger partial charge is 0.00278 e. The number of nitrogens with one attached hydrogen (secondary N) is 1. The maximum Gasteiger partial charge on any atom is 0.00278 e. The van der Waals surface area contributed by atoms with E-state index in [1.54, 1.807) is 0 Å². The van der Waals surface area contributed by atoms with E-state index >= 15 is 0 Å². The molecule has 0 unspecified atom stereocenters. The maximum absolute atomic E-state index is 3.86. The van der Waals surface area contributed by atoms with E-state index < -0.39 is 0 Å². The lowest BCUT2D eigenvalue weighted by Gasteiger charge is -2.03. The first-order valence-corrected chi connectivity index (χ1v) is 3.28. The number of hydrogen-bond donors (Lipinski definition) is 1. The molecular formula is C9H15N. The van der Waals surface area contributed by atoms with Crippen LogP contribution in [0.2, 0.25) is 0 Å². The van der Waals surface area contributed by atoms with Crippen LogP contribution in [0.4, 0.5) is 0 Å². The summed E-state index contributed by atoms with van der Waals surface area (Å²) in [5, 5.41) is 2.94. The van der Waals surface area contributed by atoms with Gasteiger partial charge in [0, 0.05) is 7.05 Å². The average Bonchev–Trinajstić information content (AvgIpc) is 1.87. The predicted molar refractivity (Wildman–Crippen MR) is 46.8 cm³/mol. The first-order valence-electron chi connectivity index (χ1n) is 3.28. The van der Waals surface area contributed by atoms with Gasteiger partial charge in [-0.2, -0.15) is 0 Å². The number of hydrogen-bond acceptors (Lipinski definition) is 1. The second kappa shape index (κ2) is 3.94. The second-order valence-electron chi connectivity index (χ2n) is 2.37. The molecule has 1 nitrogen and oxygen atoms in total. The van der Waals surface area contributed by atoms with Gasteiger partial charge in [-0.05, 0) is 31.2 Å². The molecule has 0 atom stereocenters. The molecule has 0 aromatic rings. The van der Waals surface area contributed by atoms with Gasteiger partial charge in [0.05, 0.1) is 0 Å². The van der Waals surface area contributed by atoms with Crippen molar-refractivity contribution in [1.29, 1.82) is 0 Å². The second-order valence-corrected chi connectivity index (χ2v) is 2.37. The summed E-state index contributed by atoms with van der Waals surface area (Å²) < 4.78 is 0. The van der Waals surface area contributed by atoms with E-state index in [-0.39, 0.29) is 0 Å². The third-order valence-electron chi connectivity index (χ3n) is 1.35. The molecule has 0 rings (SSSR count). The molecule has 0 bridgehead atoms. The molecule has 0 amide bonds. The minimum Gasteiger partial charge on any atom is -0.394 e. The van der Waals surface area contributed by atoms with Crippen molar-refractivity contribution in [2.75, 3.05) is 7.05 Å². The molecule has 0 aliphatic heterocycles. The molecule has 0 saturated carbocycles. The Morgan fingerprint density at radius 3 is 2.10 bits per heavy atom. The van der Waals surface area contributed by atoms with Crippen molar-refractivity contribution in [3.63, 3.8) is 0 Å². The zero-order valence-electron chi connectivity index (χ0n) is 6.99. The molecule has 0 radical (unpaired) electrons. The van der Waals surface area contributed by atoms with Crippen molar-refractivity contribution in [1.82, 2.24) is 5.32 Å². The van der Waals surface area contributed by atoms with Crippen LogP contribution in [0, 0.1) is 0 Å². The Hall–Kier alpha value is -0.980. The molecular weight excluding hydrogens is 122 g/mol. The number of allylic oxidation sites excluding steroid dienone is 3. The molecule has 0 aliphatic rings. The largest absolute Gasteiger partial charge is 0.394 e. The molecule has 0 heterocycles. The van der Waals surface area contributed by atoms with Crippen LogP contribution in [-0.2, 0) is 0 Å². The highest BCUT2D eigenvalue weighted by molar-refractivity contribution is 5.40. The highest BCUT2D eigenvalue weighted by atomic mass is 14.8. The monoisotopic (exact) mass is 137 g/mol. The minimum atomic E-state index is 1.01. The lowest BCUT2D eigenvalue weighted by atomic mass is 10.1. The van der Waals surface area contributed by atoms with E-state index in [0.29, 0.717) is 0 Å². The van der Waals surface area contributed by atoms with Crippen LogP contribution >= 0.6 is 0 Å². The summed E-state index contributed by atoms with van der Waals surface area (Å²) in [6.45, 7) is 11.6. The molecule has 1 heteroatoms. The maximum atomic E-state index is 3.86. The van der Waals surface area contributed by atoms with Crippen LogP contribution in [0.5, 0.6) is 0 Å². The fourth-order valence-electron chi connectivity index (χ4n) is 0.640.